The lowest BCUT2D eigenvalue weighted by Crippen LogP contribution is -2.17. The lowest BCUT2D eigenvalue weighted by atomic mass is 10.2. The summed E-state index contributed by atoms with van der Waals surface area (Å²) in [6.07, 6.45) is 0. The van der Waals surface area contributed by atoms with Gasteiger partial charge in [-0.3, -0.25) is 4.79 Å². The Morgan fingerprint density at radius 1 is 1.33 bits per heavy atom. The van der Waals surface area contributed by atoms with E-state index in [-0.39, 0.29) is 22.9 Å². The SMILES string of the molecule is NC(=O)c1c(N)cc(N)nc1N. The molecule has 1 heterocycles. The van der Waals surface area contributed by atoms with Crippen LogP contribution in [0.5, 0.6) is 0 Å². The molecule has 0 spiro atoms. The van der Waals surface area contributed by atoms with Crippen LogP contribution in [0.15, 0.2) is 6.07 Å². The van der Waals surface area contributed by atoms with Crippen molar-refractivity contribution >= 4 is 23.2 Å². The molecule has 0 radical (unpaired) electrons. The van der Waals surface area contributed by atoms with Crippen LogP contribution >= 0.6 is 0 Å². The zero-order valence-electron chi connectivity index (χ0n) is 6.24. The van der Waals surface area contributed by atoms with E-state index in [1.165, 1.54) is 6.07 Å². The van der Waals surface area contributed by atoms with Gasteiger partial charge in [-0.15, -0.1) is 0 Å². The van der Waals surface area contributed by atoms with Crippen molar-refractivity contribution in [1.29, 1.82) is 0 Å². The van der Waals surface area contributed by atoms with Crippen molar-refractivity contribution in [3.63, 3.8) is 0 Å². The van der Waals surface area contributed by atoms with E-state index < -0.39 is 5.91 Å². The maximum atomic E-state index is 10.7. The summed E-state index contributed by atoms with van der Waals surface area (Å²) in [4.78, 5) is 14.4. The van der Waals surface area contributed by atoms with Gasteiger partial charge >= 0.3 is 0 Å². The minimum absolute atomic E-state index is 0.0178. The van der Waals surface area contributed by atoms with E-state index in [1.54, 1.807) is 0 Å². The molecule has 0 aliphatic rings. The maximum Gasteiger partial charge on any atom is 0.254 e. The smallest absolute Gasteiger partial charge is 0.254 e. The molecule has 0 saturated carbocycles. The number of amides is 1. The molecule has 6 heteroatoms. The Labute approximate surface area is 68.5 Å². The molecule has 64 valence electrons. The van der Waals surface area contributed by atoms with E-state index >= 15 is 0 Å². The van der Waals surface area contributed by atoms with Crippen LogP contribution in [0.2, 0.25) is 0 Å². The largest absolute Gasteiger partial charge is 0.398 e. The summed E-state index contributed by atoms with van der Waals surface area (Å²) in [5.74, 6) is -0.590. The van der Waals surface area contributed by atoms with E-state index in [9.17, 15) is 4.79 Å². The number of rotatable bonds is 1. The number of anilines is 3. The summed E-state index contributed by atoms with van der Waals surface area (Å²) in [6, 6.07) is 1.33. The lowest BCUT2D eigenvalue weighted by Gasteiger charge is -2.04. The highest BCUT2D eigenvalue weighted by atomic mass is 16.1. The summed E-state index contributed by atoms with van der Waals surface area (Å²) in [5.41, 5.74) is 21.2. The third kappa shape index (κ3) is 1.22. The van der Waals surface area contributed by atoms with Gasteiger partial charge in [0, 0.05) is 6.07 Å². The predicted molar refractivity (Wildman–Crippen MR) is 46.0 cm³/mol. The van der Waals surface area contributed by atoms with Crippen LogP contribution in [0.1, 0.15) is 10.4 Å². The second kappa shape index (κ2) is 2.57. The molecule has 0 unspecified atom stereocenters. The van der Waals surface area contributed by atoms with Gasteiger partial charge in [-0.25, -0.2) is 4.98 Å². The first-order chi connectivity index (χ1) is 5.52. The molecule has 0 aromatic carbocycles. The summed E-state index contributed by atoms with van der Waals surface area (Å²) in [6.45, 7) is 0. The van der Waals surface area contributed by atoms with Crippen molar-refractivity contribution in [1.82, 2.24) is 4.98 Å². The van der Waals surface area contributed by atoms with Crippen molar-refractivity contribution in [2.24, 2.45) is 5.73 Å². The van der Waals surface area contributed by atoms with Crippen LogP contribution in [0.4, 0.5) is 17.3 Å². The highest BCUT2D eigenvalue weighted by Crippen LogP contribution is 2.18. The van der Waals surface area contributed by atoms with Crippen molar-refractivity contribution < 1.29 is 4.79 Å². The van der Waals surface area contributed by atoms with Crippen LogP contribution in [0, 0.1) is 0 Å². The third-order valence-corrected chi connectivity index (χ3v) is 1.34. The average Bonchev–Trinajstić information content (AvgIpc) is 1.82. The van der Waals surface area contributed by atoms with Crippen LogP contribution in [-0.4, -0.2) is 10.9 Å². The Hall–Kier alpha value is -1.98. The minimum Gasteiger partial charge on any atom is -0.398 e. The van der Waals surface area contributed by atoms with Crippen LogP contribution in [0.25, 0.3) is 0 Å². The standard InChI is InChI=1S/C6H9N5O/c7-2-1-3(8)11-5(9)4(2)6(10)12/h1H,(H2,10,12)(H6,7,8,9,11). The third-order valence-electron chi connectivity index (χ3n) is 1.34. The van der Waals surface area contributed by atoms with Gasteiger partial charge in [0.05, 0.1) is 5.69 Å². The molecule has 0 bridgehead atoms. The molecule has 1 rings (SSSR count). The minimum atomic E-state index is -0.711. The fourth-order valence-electron chi connectivity index (χ4n) is 0.875. The average molecular weight is 167 g/mol. The zero-order chi connectivity index (χ0) is 9.30. The van der Waals surface area contributed by atoms with Crippen LogP contribution in [0.3, 0.4) is 0 Å². The highest BCUT2D eigenvalue weighted by molar-refractivity contribution is 6.02. The first-order valence-electron chi connectivity index (χ1n) is 3.13. The number of hydrogen-bond donors (Lipinski definition) is 4. The molecule has 8 N–H and O–H groups in total. The number of nitrogens with zero attached hydrogens (tertiary/aromatic N) is 1. The highest BCUT2D eigenvalue weighted by Gasteiger charge is 2.11. The summed E-state index contributed by atoms with van der Waals surface area (Å²) in [5, 5.41) is 0. The van der Waals surface area contributed by atoms with Gasteiger partial charge in [0.1, 0.15) is 17.2 Å². The van der Waals surface area contributed by atoms with Gasteiger partial charge in [-0.2, -0.15) is 0 Å². The van der Waals surface area contributed by atoms with Crippen molar-refractivity contribution in [2.75, 3.05) is 17.2 Å². The Morgan fingerprint density at radius 2 is 1.92 bits per heavy atom. The molecule has 12 heavy (non-hydrogen) atoms. The van der Waals surface area contributed by atoms with E-state index in [1.807, 2.05) is 0 Å². The van der Waals surface area contributed by atoms with Crippen molar-refractivity contribution in [3.8, 4) is 0 Å². The monoisotopic (exact) mass is 167 g/mol. The Morgan fingerprint density at radius 3 is 2.33 bits per heavy atom. The molecule has 1 amide bonds. The normalized spacial score (nSPS) is 9.67. The number of primary amides is 1. The number of hydrogen-bond acceptors (Lipinski definition) is 5. The number of nitrogen functional groups attached to an aromatic ring is 3. The van der Waals surface area contributed by atoms with Gasteiger partial charge < -0.3 is 22.9 Å². The van der Waals surface area contributed by atoms with E-state index in [4.69, 9.17) is 22.9 Å². The van der Waals surface area contributed by atoms with Gasteiger partial charge in [0.15, 0.2) is 0 Å². The van der Waals surface area contributed by atoms with Crippen molar-refractivity contribution in [2.45, 2.75) is 0 Å². The number of pyridine rings is 1. The van der Waals surface area contributed by atoms with Gasteiger partial charge in [-0.1, -0.05) is 0 Å². The molecule has 1 aromatic heterocycles. The van der Waals surface area contributed by atoms with Gasteiger partial charge in [-0.05, 0) is 0 Å². The molecule has 0 aliphatic carbocycles. The first kappa shape index (κ1) is 8.12. The van der Waals surface area contributed by atoms with E-state index in [0.717, 1.165) is 0 Å². The molecule has 6 nitrogen and oxygen atoms in total. The number of carbonyl (C=O) groups is 1. The number of nitrogens with two attached hydrogens (primary N) is 4. The van der Waals surface area contributed by atoms with Gasteiger partial charge in [0.2, 0.25) is 0 Å². The Kier molecular flexibility index (Phi) is 1.74. The fourth-order valence-corrected chi connectivity index (χ4v) is 0.875. The summed E-state index contributed by atoms with van der Waals surface area (Å²) in [7, 11) is 0. The summed E-state index contributed by atoms with van der Waals surface area (Å²) < 4.78 is 0. The zero-order valence-corrected chi connectivity index (χ0v) is 6.24. The molecule has 0 aliphatic heterocycles. The van der Waals surface area contributed by atoms with E-state index in [2.05, 4.69) is 4.98 Å². The molecule has 1 aromatic rings. The molecule has 0 atom stereocenters. The molecular formula is C6H9N5O. The fraction of sp³-hybridized carbons (Fsp3) is 0. The second-order valence-corrected chi connectivity index (χ2v) is 2.26. The van der Waals surface area contributed by atoms with E-state index in [0.29, 0.717) is 0 Å². The van der Waals surface area contributed by atoms with Crippen LogP contribution in [-0.2, 0) is 0 Å². The van der Waals surface area contributed by atoms with Crippen LogP contribution < -0.4 is 22.9 Å². The Bertz CT molecular complexity index is 312. The van der Waals surface area contributed by atoms with Crippen molar-refractivity contribution in [3.05, 3.63) is 11.6 Å². The summed E-state index contributed by atoms with van der Waals surface area (Å²) >= 11 is 0. The van der Waals surface area contributed by atoms with Gasteiger partial charge in [0.25, 0.3) is 5.91 Å². The molecule has 0 fully saturated rings. The molecular weight excluding hydrogens is 158 g/mol. The predicted octanol–water partition coefficient (Wildman–Crippen LogP) is -1.07. The lowest BCUT2D eigenvalue weighted by molar-refractivity contribution is 0.100. The number of aromatic nitrogens is 1. The quantitative estimate of drug-likeness (QED) is 0.422. The Balaban J connectivity index is 3.38. The molecule has 0 saturated heterocycles. The second-order valence-electron chi connectivity index (χ2n) is 2.26. The number of carbonyl (C=O) groups excluding carboxylic acids is 1. The first-order valence-corrected chi connectivity index (χ1v) is 3.13. The maximum absolute atomic E-state index is 10.7. The topological polar surface area (TPSA) is 134 Å².